The molecule has 0 spiro atoms. The third-order valence-electron chi connectivity index (χ3n) is 2.70. The van der Waals surface area contributed by atoms with Gasteiger partial charge in [0, 0.05) is 0 Å². The van der Waals surface area contributed by atoms with Crippen molar-refractivity contribution in [2.45, 2.75) is 26.2 Å². The number of benzene rings is 1. The van der Waals surface area contributed by atoms with Crippen molar-refractivity contribution in [1.29, 1.82) is 0 Å². The van der Waals surface area contributed by atoms with Gasteiger partial charge in [-0.2, -0.15) is 0 Å². The summed E-state index contributed by atoms with van der Waals surface area (Å²) in [5.41, 5.74) is 8.34. The minimum absolute atomic E-state index is 0.449. The zero-order valence-electron chi connectivity index (χ0n) is 9.21. The number of ether oxygens (including phenoxy) is 1. The second-order valence-corrected chi connectivity index (χ2v) is 3.56. The summed E-state index contributed by atoms with van der Waals surface area (Å²) in [6.45, 7) is 4.98. The molecule has 1 unspecified atom stereocenters. The Kier molecular flexibility index (Phi) is 3.96. The summed E-state index contributed by atoms with van der Waals surface area (Å²) in [6, 6.07) is 6.17. The van der Waals surface area contributed by atoms with Gasteiger partial charge in [0.05, 0.1) is 7.11 Å². The molecule has 2 nitrogen and oxygen atoms in total. The largest absolute Gasteiger partial charge is 0.497 e. The van der Waals surface area contributed by atoms with Crippen LogP contribution >= 0.6 is 0 Å². The molecule has 0 aromatic heterocycles. The average Bonchev–Trinajstić information content (AvgIpc) is 2.22. The van der Waals surface area contributed by atoms with Gasteiger partial charge >= 0.3 is 0 Å². The van der Waals surface area contributed by atoms with Crippen molar-refractivity contribution in [2.24, 2.45) is 5.73 Å². The Morgan fingerprint density at radius 1 is 1.43 bits per heavy atom. The van der Waals surface area contributed by atoms with E-state index in [0.717, 1.165) is 12.2 Å². The third-order valence-corrected chi connectivity index (χ3v) is 2.70. The lowest BCUT2D eigenvalue weighted by molar-refractivity contribution is 0.413. The van der Waals surface area contributed by atoms with E-state index in [2.05, 4.69) is 26.0 Å². The molecule has 0 aliphatic carbocycles. The summed E-state index contributed by atoms with van der Waals surface area (Å²) in [5, 5.41) is 0. The van der Waals surface area contributed by atoms with Crippen LogP contribution in [-0.4, -0.2) is 13.7 Å². The van der Waals surface area contributed by atoms with E-state index < -0.39 is 0 Å². The molecular weight excluding hydrogens is 174 g/mol. The van der Waals surface area contributed by atoms with Crippen LogP contribution < -0.4 is 10.5 Å². The van der Waals surface area contributed by atoms with Gasteiger partial charge in [0.25, 0.3) is 0 Å². The van der Waals surface area contributed by atoms with Crippen molar-refractivity contribution < 1.29 is 4.74 Å². The predicted octanol–water partition coefficient (Wildman–Crippen LogP) is 2.46. The van der Waals surface area contributed by atoms with Crippen LogP contribution in [0.25, 0.3) is 0 Å². The summed E-state index contributed by atoms with van der Waals surface area (Å²) < 4.78 is 5.21. The zero-order chi connectivity index (χ0) is 10.6. The highest BCUT2D eigenvalue weighted by Crippen LogP contribution is 2.25. The Morgan fingerprint density at radius 2 is 2.14 bits per heavy atom. The summed E-state index contributed by atoms with van der Waals surface area (Å²) in [7, 11) is 1.69. The van der Waals surface area contributed by atoms with E-state index in [1.54, 1.807) is 7.11 Å². The van der Waals surface area contributed by atoms with E-state index in [9.17, 15) is 0 Å². The van der Waals surface area contributed by atoms with Gasteiger partial charge in [-0.1, -0.05) is 13.0 Å². The number of aryl methyl sites for hydroxylation is 1. The fourth-order valence-electron chi connectivity index (χ4n) is 1.70. The van der Waals surface area contributed by atoms with E-state index >= 15 is 0 Å². The second-order valence-electron chi connectivity index (χ2n) is 3.56. The van der Waals surface area contributed by atoms with Crippen LogP contribution in [0.1, 0.15) is 30.4 Å². The fraction of sp³-hybridized carbons (Fsp3) is 0.500. The van der Waals surface area contributed by atoms with Crippen molar-refractivity contribution in [3.8, 4) is 5.75 Å². The number of nitrogens with two attached hydrogens (primary N) is 1. The van der Waals surface area contributed by atoms with Crippen molar-refractivity contribution in [2.75, 3.05) is 13.7 Å². The highest BCUT2D eigenvalue weighted by molar-refractivity contribution is 5.37. The number of hydrogen-bond donors (Lipinski definition) is 1. The van der Waals surface area contributed by atoms with Crippen molar-refractivity contribution in [3.63, 3.8) is 0 Å². The van der Waals surface area contributed by atoms with Crippen LogP contribution in [0.3, 0.4) is 0 Å². The zero-order valence-corrected chi connectivity index (χ0v) is 9.21. The Morgan fingerprint density at radius 3 is 2.64 bits per heavy atom. The first-order valence-electron chi connectivity index (χ1n) is 5.07. The van der Waals surface area contributed by atoms with Gasteiger partial charge < -0.3 is 10.5 Å². The second kappa shape index (κ2) is 5.01. The normalized spacial score (nSPS) is 12.6. The Labute approximate surface area is 86.1 Å². The minimum Gasteiger partial charge on any atom is -0.497 e. The molecule has 0 aliphatic heterocycles. The first-order valence-corrected chi connectivity index (χ1v) is 5.07. The predicted molar refractivity (Wildman–Crippen MR) is 59.8 cm³/mol. The van der Waals surface area contributed by atoms with E-state index in [4.69, 9.17) is 10.5 Å². The topological polar surface area (TPSA) is 35.2 Å². The maximum Gasteiger partial charge on any atom is 0.119 e. The molecule has 0 radical (unpaired) electrons. The lowest BCUT2D eigenvalue weighted by Crippen LogP contribution is -2.12. The molecular formula is C12H19NO. The molecule has 1 atom stereocenters. The van der Waals surface area contributed by atoms with Gasteiger partial charge in [0.15, 0.2) is 0 Å². The Bertz CT molecular complexity index is 292. The minimum atomic E-state index is 0.449. The fourth-order valence-corrected chi connectivity index (χ4v) is 1.70. The smallest absolute Gasteiger partial charge is 0.119 e. The highest BCUT2D eigenvalue weighted by Gasteiger charge is 2.10. The molecule has 0 bridgehead atoms. The molecule has 14 heavy (non-hydrogen) atoms. The van der Waals surface area contributed by atoms with Gasteiger partial charge in [-0.25, -0.2) is 0 Å². The Balaban J connectivity index is 3.04. The summed E-state index contributed by atoms with van der Waals surface area (Å²) in [5.74, 6) is 1.36. The molecule has 0 saturated carbocycles. The number of methoxy groups -OCH3 is 1. The van der Waals surface area contributed by atoms with E-state index in [0.29, 0.717) is 12.5 Å². The van der Waals surface area contributed by atoms with Gasteiger partial charge in [-0.05, 0) is 49.1 Å². The maximum absolute atomic E-state index is 5.73. The first kappa shape index (κ1) is 11.1. The third kappa shape index (κ3) is 2.26. The van der Waals surface area contributed by atoms with Crippen LogP contribution in [0.2, 0.25) is 0 Å². The lowest BCUT2D eigenvalue weighted by Gasteiger charge is -2.16. The molecule has 1 aromatic carbocycles. The highest BCUT2D eigenvalue weighted by atomic mass is 16.5. The maximum atomic E-state index is 5.73. The quantitative estimate of drug-likeness (QED) is 0.797. The van der Waals surface area contributed by atoms with Crippen molar-refractivity contribution >= 4 is 0 Å². The van der Waals surface area contributed by atoms with Crippen molar-refractivity contribution in [1.82, 2.24) is 0 Å². The molecule has 0 saturated heterocycles. The molecule has 1 rings (SSSR count). The number of rotatable bonds is 4. The molecule has 0 fully saturated rings. The first-order chi connectivity index (χ1) is 6.72. The Hall–Kier alpha value is -1.02. The van der Waals surface area contributed by atoms with Crippen LogP contribution in [0.4, 0.5) is 0 Å². The van der Waals surface area contributed by atoms with E-state index in [-0.39, 0.29) is 0 Å². The van der Waals surface area contributed by atoms with Crippen LogP contribution in [0.15, 0.2) is 18.2 Å². The average molecular weight is 193 g/mol. The van der Waals surface area contributed by atoms with Crippen molar-refractivity contribution in [3.05, 3.63) is 29.3 Å². The molecule has 78 valence electrons. The number of hydrogen-bond acceptors (Lipinski definition) is 2. The molecule has 0 amide bonds. The van der Waals surface area contributed by atoms with Gasteiger partial charge in [-0.3, -0.25) is 0 Å². The van der Waals surface area contributed by atoms with Crippen LogP contribution in [0.5, 0.6) is 5.75 Å². The molecule has 1 aromatic rings. The summed E-state index contributed by atoms with van der Waals surface area (Å²) in [4.78, 5) is 0. The van der Waals surface area contributed by atoms with Crippen LogP contribution in [-0.2, 0) is 0 Å². The van der Waals surface area contributed by atoms with Gasteiger partial charge in [0.2, 0.25) is 0 Å². The van der Waals surface area contributed by atoms with Crippen LogP contribution in [0, 0.1) is 6.92 Å². The molecule has 0 aliphatic rings. The van der Waals surface area contributed by atoms with Gasteiger partial charge in [0.1, 0.15) is 5.75 Å². The molecule has 0 heterocycles. The molecule has 2 heteroatoms. The molecule has 2 N–H and O–H groups in total. The monoisotopic (exact) mass is 193 g/mol. The van der Waals surface area contributed by atoms with Gasteiger partial charge in [-0.15, -0.1) is 0 Å². The SMILES string of the molecule is CCC(CN)c1cc(OC)ccc1C. The summed E-state index contributed by atoms with van der Waals surface area (Å²) in [6.07, 6.45) is 1.07. The standard InChI is InChI=1S/C12H19NO/c1-4-10(8-13)12-7-11(14-3)6-5-9(12)2/h5-7,10H,4,8,13H2,1-3H3. The lowest BCUT2D eigenvalue weighted by atomic mass is 9.92. The van der Waals surface area contributed by atoms with E-state index in [1.807, 2.05) is 6.07 Å². The van der Waals surface area contributed by atoms with E-state index in [1.165, 1.54) is 11.1 Å². The summed E-state index contributed by atoms with van der Waals surface area (Å²) >= 11 is 0.